The van der Waals surface area contributed by atoms with E-state index in [2.05, 4.69) is 32.1 Å². The van der Waals surface area contributed by atoms with Crippen LogP contribution in [0.1, 0.15) is 19.8 Å². The summed E-state index contributed by atoms with van der Waals surface area (Å²) in [5.41, 5.74) is 0. The zero-order valence-electron chi connectivity index (χ0n) is 11.9. The molecule has 0 aromatic carbocycles. The monoisotopic (exact) mass is 267 g/mol. The van der Waals surface area contributed by atoms with Gasteiger partial charge >= 0.3 is 0 Å². The van der Waals surface area contributed by atoms with Gasteiger partial charge in [-0.3, -0.25) is 4.99 Å². The van der Waals surface area contributed by atoms with Crippen molar-refractivity contribution >= 4 is 5.96 Å². The van der Waals surface area contributed by atoms with Gasteiger partial charge in [0.1, 0.15) is 0 Å². The molecule has 1 rings (SSSR count). The Labute approximate surface area is 115 Å². The van der Waals surface area contributed by atoms with Crippen LogP contribution < -0.4 is 10.6 Å². The fraction of sp³-hybridized carbons (Fsp3) is 0.692. The Hall–Kier alpha value is -1.56. The van der Waals surface area contributed by atoms with Crippen molar-refractivity contribution in [2.75, 3.05) is 33.4 Å². The van der Waals surface area contributed by atoms with Crippen LogP contribution in [-0.4, -0.2) is 48.9 Å². The largest absolute Gasteiger partial charge is 0.385 e. The summed E-state index contributed by atoms with van der Waals surface area (Å²) in [6.07, 6.45) is 7.58. The standard InChI is InChI=1S/C13H25N5O/c1-3-15-13(17-7-5-11-19-2)16-6-4-9-18-10-8-14-12-18/h8,10,12H,3-7,9,11H2,1-2H3,(H2,15,16,17). The summed E-state index contributed by atoms with van der Waals surface area (Å²) in [5.74, 6) is 0.879. The maximum Gasteiger partial charge on any atom is 0.191 e. The normalized spacial score (nSPS) is 11.6. The van der Waals surface area contributed by atoms with Crippen molar-refractivity contribution in [2.24, 2.45) is 4.99 Å². The van der Waals surface area contributed by atoms with Crippen molar-refractivity contribution in [1.82, 2.24) is 20.2 Å². The molecule has 0 saturated carbocycles. The average molecular weight is 267 g/mol. The van der Waals surface area contributed by atoms with Gasteiger partial charge in [-0.25, -0.2) is 4.98 Å². The molecule has 6 nitrogen and oxygen atoms in total. The first-order chi connectivity index (χ1) is 9.36. The summed E-state index contributed by atoms with van der Waals surface area (Å²) >= 11 is 0. The van der Waals surface area contributed by atoms with Crippen LogP contribution in [-0.2, 0) is 11.3 Å². The number of hydrogen-bond acceptors (Lipinski definition) is 3. The molecule has 108 valence electrons. The average Bonchev–Trinajstić information content (AvgIpc) is 2.92. The van der Waals surface area contributed by atoms with E-state index in [0.717, 1.165) is 51.6 Å². The number of nitrogens with zero attached hydrogens (tertiary/aromatic N) is 3. The number of nitrogens with one attached hydrogen (secondary N) is 2. The summed E-state index contributed by atoms with van der Waals surface area (Å²) in [7, 11) is 1.72. The van der Waals surface area contributed by atoms with Crippen LogP contribution in [0.4, 0.5) is 0 Å². The van der Waals surface area contributed by atoms with Crippen LogP contribution in [0.15, 0.2) is 23.7 Å². The molecular formula is C13H25N5O. The number of aryl methyl sites for hydroxylation is 1. The first-order valence-electron chi connectivity index (χ1n) is 6.83. The Morgan fingerprint density at radius 2 is 2.26 bits per heavy atom. The summed E-state index contributed by atoms with van der Waals surface area (Å²) in [5, 5.41) is 6.52. The van der Waals surface area contributed by atoms with Gasteiger partial charge in [-0.2, -0.15) is 0 Å². The van der Waals surface area contributed by atoms with Gasteiger partial charge in [-0.15, -0.1) is 0 Å². The third-order valence-corrected chi connectivity index (χ3v) is 2.57. The maximum atomic E-state index is 5.01. The Balaban J connectivity index is 2.19. The van der Waals surface area contributed by atoms with Crippen molar-refractivity contribution in [3.05, 3.63) is 18.7 Å². The van der Waals surface area contributed by atoms with Crippen molar-refractivity contribution < 1.29 is 4.74 Å². The van der Waals surface area contributed by atoms with Crippen LogP contribution >= 0.6 is 0 Å². The highest BCUT2D eigenvalue weighted by Crippen LogP contribution is 1.91. The number of aliphatic imine (C=N–C) groups is 1. The van der Waals surface area contributed by atoms with Crippen molar-refractivity contribution in [3.8, 4) is 0 Å². The first kappa shape index (κ1) is 15.5. The quantitative estimate of drug-likeness (QED) is 0.396. The Kier molecular flexibility index (Phi) is 8.46. The molecule has 1 aromatic rings. The van der Waals surface area contributed by atoms with E-state index < -0.39 is 0 Å². The van der Waals surface area contributed by atoms with Gasteiger partial charge in [0.05, 0.1) is 6.33 Å². The molecule has 0 atom stereocenters. The molecule has 19 heavy (non-hydrogen) atoms. The van der Waals surface area contributed by atoms with Crippen LogP contribution in [0.2, 0.25) is 0 Å². The molecule has 0 amide bonds. The zero-order chi connectivity index (χ0) is 13.8. The minimum Gasteiger partial charge on any atom is -0.385 e. The van der Waals surface area contributed by atoms with Gasteiger partial charge in [-0.05, 0) is 19.8 Å². The molecule has 0 aliphatic heterocycles. The lowest BCUT2D eigenvalue weighted by atomic mass is 10.4. The second-order valence-electron chi connectivity index (χ2n) is 4.19. The smallest absolute Gasteiger partial charge is 0.191 e. The van der Waals surface area contributed by atoms with Crippen LogP contribution in [0.5, 0.6) is 0 Å². The Morgan fingerprint density at radius 3 is 2.95 bits per heavy atom. The number of hydrogen-bond donors (Lipinski definition) is 2. The van der Waals surface area contributed by atoms with E-state index in [9.17, 15) is 0 Å². The second-order valence-corrected chi connectivity index (χ2v) is 4.19. The van der Waals surface area contributed by atoms with E-state index in [1.807, 2.05) is 12.5 Å². The number of rotatable bonds is 9. The van der Waals surface area contributed by atoms with Gasteiger partial charge < -0.3 is 19.9 Å². The molecule has 0 radical (unpaired) electrons. The third kappa shape index (κ3) is 7.46. The minimum atomic E-state index is 0.771. The molecule has 1 heterocycles. The molecule has 0 bridgehead atoms. The molecule has 1 aromatic heterocycles. The van der Waals surface area contributed by atoms with Gasteiger partial charge in [0, 0.05) is 52.3 Å². The van der Waals surface area contributed by atoms with Crippen LogP contribution in [0.3, 0.4) is 0 Å². The van der Waals surface area contributed by atoms with E-state index in [4.69, 9.17) is 4.74 Å². The lowest BCUT2D eigenvalue weighted by molar-refractivity contribution is 0.195. The molecule has 0 saturated heterocycles. The van der Waals surface area contributed by atoms with Crippen molar-refractivity contribution in [1.29, 1.82) is 0 Å². The van der Waals surface area contributed by atoms with E-state index in [-0.39, 0.29) is 0 Å². The SMILES string of the molecule is CCNC(=NCCCn1ccnc1)NCCCOC. The minimum absolute atomic E-state index is 0.771. The van der Waals surface area contributed by atoms with E-state index >= 15 is 0 Å². The fourth-order valence-electron chi connectivity index (χ4n) is 1.63. The Morgan fingerprint density at radius 1 is 1.37 bits per heavy atom. The molecule has 0 fully saturated rings. The van der Waals surface area contributed by atoms with E-state index in [1.54, 1.807) is 13.3 Å². The van der Waals surface area contributed by atoms with Crippen LogP contribution in [0, 0.1) is 0 Å². The van der Waals surface area contributed by atoms with Crippen LogP contribution in [0.25, 0.3) is 0 Å². The number of aromatic nitrogens is 2. The molecule has 0 aliphatic rings. The van der Waals surface area contributed by atoms with Crippen molar-refractivity contribution in [3.63, 3.8) is 0 Å². The lowest BCUT2D eigenvalue weighted by Gasteiger charge is -2.11. The summed E-state index contributed by atoms with van der Waals surface area (Å²) < 4.78 is 7.08. The van der Waals surface area contributed by atoms with Gasteiger partial charge in [0.15, 0.2) is 5.96 Å². The highest BCUT2D eigenvalue weighted by atomic mass is 16.5. The predicted molar refractivity (Wildman–Crippen MR) is 77.3 cm³/mol. The topological polar surface area (TPSA) is 63.5 Å². The van der Waals surface area contributed by atoms with Gasteiger partial charge in [0.25, 0.3) is 0 Å². The summed E-state index contributed by atoms with van der Waals surface area (Å²) in [6.45, 7) is 6.34. The number of ether oxygens (including phenoxy) is 1. The molecular weight excluding hydrogens is 242 g/mol. The zero-order valence-corrected chi connectivity index (χ0v) is 11.9. The van der Waals surface area contributed by atoms with Gasteiger partial charge in [0.2, 0.25) is 0 Å². The first-order valence-corrected chi connectivity index (χ1v) is 6.83. The van der Waals surface area contributed by atoms with E-state index in [1.165, 1.54) is 0 Å². The molecule has 6 heteroatoms. The molecule has 0 aliphatic carbocycles. The lowest BCUT2D eigenvalue weighted by Crippen LogP contribution is -2.38. The summed E-state index contributed by atoms with van der Waals surface area (Å²) in [6, 6.07) is 0. The predicted octanol–water partition coefficient (Wildman–Crippen LogP) is 0.865. The van der Waals surface area contributed by atoms with Gasteiger partial charge in [-0.1, -0.05) is 0 Å². The maximum absolute atomic E-state index is 5.01. The highest BCUT2D eigenvalue weighted by Gasteiger charge is 1.96. The number of guanidine groups is 1. The fourth-order valence-corrected chi connectivity index (χ4v) is 1.63. The molecule has 2 N–H and O–H groups in total. The molecule has 0 unspecified atom stereocenters. The molecule has 0 spiro atoms. The highest BCUT2D eigenvalue weighted by molar-refractivity contribution is 5.79. The Bertz CT molecular complexity index is 337. The van der Waals surface area contributed by atoms with E-state index in [0.29, 0.717) is 0 Å². The summed E-state index contributed by atoms with van der Waals surface area (Å²) in [4.78, 5) is 8.54. The van der Waals surface area contributed by atoms with Crippen molar-refractivity contribution in [2.45, 2.75) is 26.3 Å². The number of methoxy groups -OCH3 is 1. The second kappa shape index (κ2) is 10.4. The third-order valence-electron chi connectivity index (χ3n) is 2.57. The number of imidazole rings is 1.